The number of aliphatic carboxylic acids is 1. The van der Waals surface area contributed by atoms with Gasteiger partial charge in [-0.3, -0.25) is 9.48 Å². The van der Waals surface area contributed by atoms with Crippen molar-refractivity contribution in [3.05, 3.63) is 36.5 Å². The van der Waals surface area contributed by atoms with Crippen molar-refractivity contribution < 1.29 is 9.90 Å². The molecule has 0 saturated carbocycles. The Kier molecular flexibility index (Phi) is 2.98. The van der Waals surface area contributed by atoms with E-state index in [1.54, 1.807) is 9.25 Å². The minimum atomic E-state index is -0.899. The van der Waals surface area contributed by atoms with Crippen LogP contribution in [-0.2, 0) is 17.9 Å². The van der Waals surface area contributed by atoms with E-state index >= 15 is 0 Å². The number of aromatic nitrogens is 4. The largest absolute Gasteiger partial charge is 0.480 e. The Bertz CT molecular complexity index is 772. The Morgan fingerprint density at radius 1 is 1.30 bits per heavy atom. The highest BCUT2D eigenvalue weighted by Crippen LogP contribution is 2.23. The molecule has 0 aliphatic heterocycles. The highest BCUT2D eigenvalue weighted by Gasteiger charge is 2.16. The summed E-state index contributed by atoms with van der Waals surface area (Å²) >= 11 is 0. The lowest BCUT2D eigenvalue weighted by Crippen LogP contribution is -2.10. The monoisotopic (exact) mass is 270 g/mol. The molecule has 0 aliphatic carbocycles. The van der Waals surface area contributed by atoms with Crippen LogP contribution in [0.4, 0.5) is 0 Å². The molecule has 2 aromatic heterocycles. The standard InChI is InChI=1S/C14H14N4O2/c1-2-17-8-7-11(16-17)14-15-10-5-3-4-6-12(10)18(14)9-13(19)20/h3-8H,2,9H2,1H3,(H,19,20). The Labute approximate surface area is 115 Å². The molecule has 0 atom stereocenters. The maximum absolute atomic E-state index is 11.1. The summed E-state index contributed by atoms with van der Waals surface area (Å²) in [6.45, 7) is 2.63. The number of rotatable bonds is 4. The fraction of sp³-hybridized carbons (Fsp3) is 0.214. The van der Waals surface area contributed by atoms with Crippen LogP contribution in [0.2, 0.25) is 0 Å². The molecule has 3 rings (SSSR count). The van der Waals surface area contributed by atoms with Crippen LogP contribution in [0, 0.1) is 0 Å². The number of hydrogen-bond donors (Lipinski definition) is 1. The van der Waals surface area contributed by atoms with Crippen LogP contribution in [0.1, 0.15) is 6.92 Å². The lowest BCUT2D eigenvalue weighted by Gasteiger charge is -2.04. The third-order valence-corrected chi connectivity index (χ3v) is 3.14. The maximum Gasteiger partial charge on any atom is 0.323 e. The van der Waals surface area contributed by atoms with E-state index in [1.807, 2.05) is 43.5 Å². The molecular formula is C14H14N4O2. The molecule has 2 heterocycles. The number of benzene rings is 1. The Morgan fingerprint density at radius 3 is 2.80 bits per heavy atom. The van der Waals surface area contributed by atoms with Crippen LogP contribution in [0.25, 0.3) is 22.6 Å². The van der Waals surface area contributed by atoms with Gasteiger partial charge in [0.2, 0.25) is 0 Å². The number of imidazole rings is 1. The molecule has 0 saturated heterocycles. The Morgan fingerprint density at radius 2 is 2.10 bits per heavy atom. The third kappa shape index (κ3) is 2.05. The summed E-state index contributed by atoms with van der Waals surface area (Å²) in [5, 5.41) is 13.5. The Hall–Kier alpha value is -2.63. The number of carbonyl (C=O) groups is 1. The fourth-order valence-electron chi connectivity index (χ4n) is 2.22. The van der Waals surface area contributed by atoms with Crippen molar-refractivity contribution in [3.63, 3.8) is 0 Å². The molecule has 0 amide bonds. The van der Waals surface area contributed by atoms with Crippen molar-refractivity contribution in [1.29, 1.82) is 0 Å². The molecular weight excluding hydrogens is 256 g/mol. The van der Waals surface area contributed by atoms with Gasteiger partial charge in [-0.25, -0.2) is 4.98 Å². The number of fused-ring (bicyclic) bond motifs is 1. The first-order valence-electron chi connectivity index (χ1n) is 6.40. The van der Waals surface area contributed by atoms with Crippen LogP contribution in [-0.4, -0.2) is 30.4 Å². The van der Waals surface area contributed by atoms with Gasteiger partial charge in [-0.15, -0.1) is 0 Å². The average Bonchev–Trinajstić information content (AvgIpc) is 3.03. The fourth-order valence-corrected chi connectivity index (χ4v) is 2.22. The normalized spacial score (nSPS) is 11.1. The third-order valence-electron chi connectivity index (χ3n) is 3.14. The van der Waals surface area contributed by atoms with E-state index in [4.69, 9.17) is 5.11 Å². The molecule has 6 heteroatoms. The minimum Gasteiger partial charge on any atom is -0.480 e. The predicted molar refractivity (Wildman–Crippen MR) is 74.3 cm³/mol. The summed E-state index contributed by atoms with van der Waals surface area (Å²) in [7, 11) is 0. The number of carboxylic acid groups (broad SMARTS) is 1. The van der Waals surface area contributed by atoms with Gasteiger partial charge in [0.15, 0.2) is 5.82 Å². The summed E-state index contributed by atoms with van der Waals surface area (Å²) in [4.78, 5) is 15.6. The minimum absolute atomic E-state index is 0.130. The average molecular weight is 270 g/mol. The van der Waals surface area contributed by atoms with Crippen LogP contribution in [0.15, 0.2) is 36.5 Å². The first kappa shape index (κ1) is 12.4. The number of carboxylic acids is 1. The second kappa shape index (κ2) is 4.80. The van der Waals surface area contributed by atoms with Crippen molar-refractivity contribution in [1.82, 2.24) is 19.3 Å². The van der Waals surface area contributed by atoms with Crippen LogP contribution in [0.5, 0.6) is 0 Å². The predicted octanol–water partition coefficient (Wildman–Crippen LogP) is 2.00. The van der Waals surface area contributed by atoms with E-state index in [-0.39, 0.29) is 6.54 Å². The van der Waals surface area contributed by atoms with Crippen molar-refractivity contribution >= 4 is 17.0 Å². The van der Waals surface area contributed by atoms with Gasteiger partial charge in [-0.2, -0.15) is 5.10 Å². The molecule has 3 aromatic rings. The number of hydrogen-bond acceptors (Lipinski definition) is 3. The second-order valence-electron chi connectivity index (χ2n) is 4.46. The molecule has 1 N–H and O–H groups in total. The van der Waals surface area contributed by atoms with E-state index in [2.05, 4.69) is 10.1 Å². The van der Waals surface area contributed by atoms with Crippen molar-refractivity contribution in [2.45, 2.75) is 20.0 Å². The number of para-hydroxylation sites is 2. The van der Waals surface area contributed by atoms with Crippen molar-refractivity contribution in [2.24, 2.45) is 0 Å². The second-order valence-corrected chi connectivity index (χ2v) is 4.46. The highest BCUT2D eigenvalue weighted by atomic mass is 16.4. The molecule has 0 bridgehead atoms. The molecule has 6 nitrogen and oxygen atoms in total. The van der Waals surface area contributed by atoms with Gasteiger partial charge in [0.05, 0.1) is 11.0 Å². The zero-order valence-corrected chi connectivity index (χ0v) is 11.0. The molecule has 0 fully saturated rings. The zero-order chi connectivity index (χ0) is 14.1. The smallest absolute Gasteiger partial charge is 0.323 e. The van der Waals surface area contributed by atoms with Gasteiger partial charge < -0.3 is 9.67 Å². The van der Waals surface area contributed by atoms with Gasteiger partial charge in [0, 0.05) is 12.7 Å². The first-order valence-corrected chi connectivity index (χ1v) is 6.40. The SMILES string of the molecule is CCn1ccc(-c2nc3ccccc3n2CC(=O)O)n1. The lowest BCUT2D eigenvalue weighted by atomic mass is 10.3. The molecule has 102 valence electrons. The maximum atomic E-state index is 11.1. The Balaban J connectivity index is 2.20. The highest BCUT2D eigenvalue weighted by molar-refractivity contribution is 5.82. The van der Waals surface area contributed by atoms with E-state index in [0.29, 0.717) is 11.5 Å². The van der Waals surface area contributed by atoms with E-state index in [0.717, 1.165) is 17.6 Å². The summed E-state index contributed by atoms with van der Waals surface area (Å²) in [5.74, 6) is -0.315. The van der Waals surface area contributed by atoms with E-state index < -0.39 is 5.97 Å². The lowest BCUT2D eigenvalue weighted by molar-refractivity contribution is -0.137. The van der Waals surface area contributed by atoms with Crippen molar-refractivity contribution in [3.8, 4) is 11.5 Å². The summed E-state index contributed by atoms with van der Waals surface area (Å²) < 4.78 is 3.47. The summed E-state index contributed by atoms with van der Waals surface area (Å²) in [6, 6.07) is 9.34. The molecule has 0 spiro atoms. The molecule has 0 aliphatic rings. The van der Waals surface area contributed by atoms with Gasteiger partial charge in [0.1, 0.15) is 12.2 Å². The van der Waals surface area contributed by atoms with Crippen LogP contribution in [0.3, 0.4) is 0 Å². The number of aryl methyl sites for hydroxylation is 1. The summed E-state index contributed by atoms with van der Waals surface area (Å²) in [6.07, 6.45) is 1.86. The van der Waals surface area contributed by atoms with Crippen molar-refractivity contribution in [2.75, 3.05) is 0 Å². The molecule has 0 unspecified atom stereocenters. The van der Waals surface area contributed by atoms with Gasteiger partial charge in [-0.05, 0) is 25.1 Å². The van der Waals surface area contributed by atoms with Gasteiger partial charge in [-0.1, -0.05) is 12.1 Å². The van der Waals surface area contributed by atoms with Crippen LogP contribution >= 0.6 is 0 Å². The molecule has 0 radical (unpaired) electrons. The topological polar surface area (TPSA) is 72.9 Å². The van der Waals surface area contributed by atoms with E-state index in [9.17, 15) is 4.79 Å². The zero-order valence-electron chi connectivity index (χ0n) is 11.0. The first-order chi connectivity index (χ1) is 9.69. The molecule has 20 heavy (non-hydrogen) atoms. The molecule has 1 aromatic carbocycles. The van der Waals surface area contributed by atoms with Crippen LogP contribution < -0.4 is 0 Å². The number of nitrogens with zero attached hydrogens (tertiary/aromatic N) is 4. The van der Waals surface area contributed by atoms with E-state index in [1.165, 1.54) is 0 Å². The quantitative estimate of drug-likeness (QED) is 0.787. The van der Waals surface area contributed by atoms with Gasteiger partial charge in [0.25, 0.3) is 0 Å². The summed E-state index contributed by atoms with van der Waals surface area (Å²) in [5.41, 5.74) is 2.26. The van der Waals surface area contributed by atoms with Gasteiger partial charge >= 0.3 is 5.97 Å².